The van der Waals surface area contributed by atoms with E-state index in [2.05, 4.69) is 5.32 Å². The molecular weight excluding hydrogens is 438 g/mol. The Bertz CT molecular complexity index is 1250. The molecule has 0 saturated heterocycles. The average Bonchev–Trinajstić information content (AvgIpc) is 2.89. The van der Waals surface area contributed by atoms with Gasteiger partial charge in [-0.15, -0.1) is 0 Å². The summed E-state index contributed by atoms with van der Waals surface area (Å²) in [6, 6.07) is 30.6. The lowest BCUT2D eigenvalue weighted by Crippen LogP contribution is -2.13. The predicted octanol–water partition coefficient (Wildman–Crippen LogP) is 6.80. The van der Waals surface area contributed by atoms with Crippen molar-refractivity contribution in [1.82, 2.24) is 0 Å². The van der Waals surface area contributed by atoms with Gasteiger partial charge < -0.3 is 19.5 Å². The molecule has 1 N–H and O–H groups in total. The third kappa shape index (κ3) is 6.64. The number of anilines is 1. The van der Waals surface area contributed by atoms with Crippen molar-refractivity contribution in [3.8, 4) is 17.2 Å². The number of benzene rings is 4. The number of carbonyl (C=O) groups is 1. The fraction of sp³-hybridized carbons (Fsp3) is 0.167. The Morgan fingerprint density at radius 3 is 2.23 bits per heavy atom. The zero-order chi connectivity index (χ0) is 24.5. The van der Waals surface area contributed by atoms with Crippen molar-refractivity contribution in [3.63, 3.8) is 0 Å². The molecular formula is C30H29NO4. The van der Waals surface area contributed by atoms with Crippen molar-refractivity contribution in [1.29, 1.82) is 0 Å². The van der Waals surface area contributed by atoms with Gasteiger partial charge in [-0.1, -0.05) is 48.5 Å². The summed E-state index contributed by atoms with van der Waals surface area (Å²) in [6.45, 7) is 5.25. The summed E-state index contributed by atoms with van der Waals surface area (Å²) in [7, 11) is 0. The monoisotopic (exact) mass is 467 g/mol. The molecule has 1 amide bonds. The number of amides is 1. The van der Waals surface area contributed by atoms with Gasteiger partial charge in [0.2, 0.25) is 0 Å². The Morgan fingerprint density at radius 1 is 0.743 bits per heavy atom. The van der Waals surface area contributed by atoms with E-state index in [9.17, 15) is 4.79 Å². The molecule has 0 heterocycles. The van der Waals surface area contributed by atoms with E-state index in [1.807, 2.05) is 105 Å². The van der Waals surface area contributed by atoms with E-state index in [0.717, 1.165) is 28.2 Å². The molecule has 0 unspecified atom stereocenters. The summed E-state index contributed by atoms with van der Waals surface area (Å²) in [4.78, 5) is 12.9. The van der Waals surface area contributed by atoms with E-state index in [0.29, 0.717) is 36.8 Å². The second kappa shape index (κ2) is 11.7. The minimum Gasteiger partial charge on any atom is -0.493 e. The molecule has 4 aromatic carbocycles. The molecule has 0 fully saturated rings. The first kappa shape index (κ1) is 23.9. The quantitative estimate of drug-likeness (QED) is 0.279. The van der Waals surface area contributed by atoms with Crippen LogP contribution < -0.4 is 19.5 Å². The van der Waals surface area contributed by atoms with Gasteiger partial charge in [0.25, 0.3) is 5.91 Å². The number of ether oxygens (including phenoxy) is 3. The highest BCUT2D eigenvalue weighted by Gasteiger charge is 2.12. The van der Waals surface area contributed by atoms with Gasteiger partial charge >= 0.3 is 0 Å². The van der Waals surface area contributed by atoms with E-state index in [-0.39, 0.29) is 5.91 Å². The van der Waals surface area contributed by atoms with Crippen LogP contribution in [-0.2, 0) is 13.2 Å². The maximum absolute atomic E-state index is 12.9. The Morgan fingerprint density at radius 2 is 1.49 bits per heavy atom. The largest absolute Gasteiger partial charge is 0.493 e. The minimum atomic E-state index is -0.205. The molecule has 0 aromatic heterocycles. The summed E-state index contributed by atoms with van der Waals surface area (Å²) in [5, 5.41) is 2.94. The van der Waals surface area contributed by atoms with Crippen LogP contribution in [0.3, 0.4) is 0 Å². The van der Waals surface area contributed by atoms with Crippen LogP contribution in [0.2, 0.25) is 0 Å². The lowest BCUT2D eigenvalue weighted by molar-refractivity contribution is 0.102. The molecule has 0 aliphatic carbocycles. The average molecular weight is 468 g/mol. The molecule has 4 rings (SSSR count). The zero-order valence-corrected chi connectivity index (χ0v) is 20.0. The highest BCUT2D eigenvalue weighted by atomic mass is 16.5. The molecule has 0 spiro atoms. The number of aryl methyl sites for hydroxylation is 1. The highest BCUT2D eigenvalue weighted by molar-refractivity contribution is 6.04. The fourth-order valence-electron chi connectivity index (χ4n) is 3.58. The van der Waals surface area contributed by atoms with Gasteiger partial charge in [-0.25, -0.2) is 0 Å². The normalized spacial score (nSPS) is 10.5. The molecule has 5 nitrogen and oxygen atoms in total. The van der Waals surface area contributed by atoms with Crippen LogP contribution in [0.4, 0.5) is 5.69 Å². The molecule has 0 bridgehead atoms. The van der Waals surface area contributed by atoms with Crippen LogP contribution in [0.1, 0.15) is 34.0 Å². The van der Waals surface area contributed by atoms with Gasteiger partial charge in [0.15, 0.2) is 0 Å². The van der Waals surface area contributed by atoms with Crippen LogP contribution in [0.25, 0.3) is 0 Å². The fourth-order valence-corrected chi connectivity index (χ4v) is 3.58. The Kier molecular flexibility index (Phi) is 8.02. The van der Waals surface area contributed by atoms with Crippen molar-refractivity contribution < 1.29 is 19.0 Å². The summed E-state index contributed by atoms with van der Waals surface area (Å²) in [6.07, 6.45) is 0. The lowest BCUT2D eigenvalue weighted by Gasteiger charge is -2.14. The summed E-state index contributed by atoms with van der Waals surface area (Å²) in [5.74, 6) is 2.05. The van der Waals surface area contributed by atoms with Crippen LogP contribution in [0.5, 0.6) is 17.2 Å². The summed E-state index contributed by atoms with van der Waals surface area (Å²) in [5.41, 5.74) is 4.18. The summed E-state index contributed by atoms with van der Waals surface area (Å²) >= 11 is 0. The second-order valence-electron chi connectivity index (χ2n) is 8.06. The van der Waals surface area contributed by atoms with Crippen LogP contribution in [0, 0.1) is 6.92 Å². The van der Waals surface area contributed by atoms with Crippen molar-refractivity contribution in [2.45, 2.75) is 27.1 Å². The number of rotatable bonds is 10. The van der Waals surface area contributed by atoms with Crippen molar-refractivity contribution in [2.24, 2.45) is 0 Å². The van der Waals surface area contributed by atoms with Crippen molar-refractivity contribution >= 4 is 11.6 Å². The number of hydrogen-bond acceptors (Lipinski definition) is 4. The molecule has 4 aromatic rings. The first-order valence-electron chi connectivity index (χ1n) is 11.6. The summed E-state index contributed by atoms with van der Waals surface area (Å²) < 4.78 is 17.6. The zero-order valence-electron chi connectivity index (χ0n) is 20.0. The SMILES string of the molecule is CCOc1ccc(C(=O)Nc2ccc(OCc3ccccc3)cc2)cc1COc1ccccc1C. The van der Waals surface area contributed by atoms with E-state index in [4.69, 9.17) is 14.2 Å². The van der Waals surface area contributed by atoms with E-state index >= 15 is 0 Å². The third-order valence-electron chi connectivity index (χ3n) is 5.46. The molecule has 0 aliphatic rings. The lowest BCUT2D eigenvalue weighted by atomic mass is 10.1. The van der Waals surface area contributed by atoms with E-state index in [1.54, 1.807) is 6.07 Å². The van der Waals surface area contributed by atoms with Gasteiger partial charge in [0.05, 0.1) is 6.61 Å². The third-order valence-corrected chi connectivity index (χ3v) is 5.46. The maximum atomic E-state index is 12.9. The van der Waals surface area contributed by atoms with E-state index < -0.39 is 0 Å². The molecule has 35 heavy (non-hydrogen) atoms. The van der Waals surface area contributed by atoms with Gasteiger partial charge in [-0.05, 0) is 73.5 Å². The van der Waals surface area contributed by atoms with E-state index in [1.165, 1.54) is 0 Å². The number of carbonyl (C=O) groups excluding carboxylic acids is 1. The number of hydrogen-bond donors (Lipinski definition) is 1. The van der Waals surface area contributed by atoms with Crippen molar-refractivity contribution in [3.05, 3.63) is 119 Å². The van der Waals surface area contributed by atoms with Crippen LogP contribution in [0.15, 0.2) is 97.1 Å². The van der Waals surface area contributed by atoms with Crippen LogP contribution in [-0.4, -0.2) is 12.5 Å². The predicted molar refractivity (Wildman–Crippen MR) is 138 cm³/mol. The van der Waals surface area contributed by atoms with Gasteiger partial charge in [0.1, 0.15) is 30.5 Å². The standard InChI is InChI=1S/C30H29NO4/c1-3-33-29-18-13-24(19-25(29)21-35-28-12-8-7-9-22(28)2)30(32)31-26-14-16-27(17-15-26)34-20-23-10-5-4-6-11-23/h4-19H,3,20-21H2,1-2H3,(H,31,32). The number of para-hydroxylation sites is 1. The van der Waals surface area contributed by atoms with Crippen molar-refractivity contribution in [2.75, 3.05) is 11.9 Å². The van der Waals surface area contributed by atoms with Gasteiger partial charge in [-0.3, -0.25) is 4.79 Å². The molecule has 0 atom stereocenters. The first-order chi connectivity index (χ1) is 17.1. The Labute approximate surface area is 206 Å². The highest BCUT2D eigenvalue weighted by Crippen LogP contribution is 2.25. The molecule has 0 radical (unpaired) electrons. The smallest absolute Gasteiger partial charge is 0.255 e. The Balaban J connectivity index is 1.41. The maximum Gasteiger partial charge on any atom is 0.255 e. The molecule has 0 aliphatic heterocycles. The molecule has 0 saturated carbocycles. The topological polar surface area (TPSA) is 56.8 Å². The molecule has 178 valence electrons. The number of nitrogens with one attached hydrogen (secondary N) is 1. The van der Waals surface area contributed by atoms with Gasteiger partial charge in [-0.2, -0.15) is 0 Å². The van der Waals surface area contributed by atoms with Gasteiger partial charge in [0, 0.05) is 16.8 Å². The first-order valence-corrected chi connectivity index (χ1v) is 11.6. The molecule has 5 heteroatoms. The Hall–Kier alpha value is -4.25. The van der Waals surface area contributed by atoms with Crippen LogP contribution >= 0.6 is 0 Å². The minimum absolute atomic E-state index is 0.205. The second-order valence-corrected chi connectivity index (χ2v) is 8.06.